The minimum atomic E-state index is -0.405. The van der Waals surface area contributed by atoms with Crippen LogP contribution < -0.4 is 14.8 Å². The number of halogens is 1. The molecule has 0 radical (unpaired) electrons. The van der Waals surface area contributed by atoms with E-state index in [0.717, 1.165) is 31.5 Å². The van der Waals surface area contributed by atoms with E-state index < -0.39 is 5.82 Å². The molecular formula is C13H18FNO2. The molecule has 17 heavy (non-hydrogen) atoms. The second-order valence-electron chi connectivity index (χ2n) is 4.25. The highest BCUT2D eigenvalue weighted by molar-refractivity contribution is 5.44. The van der Waals surface area contributed by atoms with Crippen molar-refractivity contribution in [1.29, 1.82) is 0 Å². The Morgan fingerprint density at radius 3 is 2.71 bits per heavy atom. The van der Waals surface area contributed by atoms with Gasteiger partial charge in [-0.15, -0.1) is 0 Å². The Labute approximate surface area is 101 Å². The lowest BCUT2D eigenvalue weighted by molar-refractivity contribution is 0.341. The second-order valence-corrected chi connectivity index (χ2v) is 4.25. The second kappa shape index (κ2) is 5.36. The monoisotopic (exact) mass is 239 g/mol. The van der Waals surface area contributed by atoms with Crippen molar-refractivity contribution in [3.05, 3.63) is 23.5 Å². The van der Waals surface area contributed by atoms with Crippen molar-refractivity contribution in [3.63, 3.8) is 0 Å². The van der Waals surface area contributed by atoms with Gasteiger partial charge < -0.3 is 14.8 Å². The summed E-state index contributed by atoms with van der Waals surface area (Å²) in [4.78, 5) is 0. The van der Waals surface area contributed by atoms with E-state index in [1.165, 1.54) is 14.2 Å². The molecule has 94 valence electrons. The molecule has 1 aromatic rings. The summed E-state index contributed by atoms with van der Waals surface area (Å²) in [5.41, 5.74) is 0.929. The van der Waals surface area contributed by atoms with Crippen LogP contribution in [0.3, 0.4) is 0 Å². The van der Waals surface area contributed by atoms with Crippen LogP contribution in [0, 0.1) is 5.82 Å². The van der Waals surface area contributed by atoms with E-state index >= 15 is 0 Å². The van der Waals surface area contributed by atoms with Crippen LogP contribution in [0.4, 0.5) is 4.39 Å². The van der Waals surface area contributed by atoms with Crippen molar-refractivity contribution >= 4 is 0 Å². The molecule has 3 nitrogen and oxygen atoms in total. The van der Waals surface area contributed by atoms with Gasteiger partial charge in [0.1, 0.15) is 0 Å². The maximum atomic E-state index is 14.0. The van der Waals surface area contributed by atoms with Crippen LogP contribution in [-0.4, -0.2) is 27.3 Å². The van der Waals surface area contributed by atoms with Crippen molar-refractivity contribution in [2.45, 2.75) is 18.8 Å². The minimum absolute atomic E-state index is 0.231. The Morgan fingerprint density at radius 1 is 1.29 bits per heavy atom. The molecule has 1 aliphatic rings. The van der Waals surface area contributed by atoms with Crippen molar-refractivity contribution < 1.29 is 13.9 Å². The molecule has 0 spiro atoms. The van der Waals surface area contributed by atoms with E-state index in [9.17, 15) is 4.39 Å². The Kier molecular flexibility index (Phi) is 3.84. The lowest BCUT2D eigenvalue weighted by Gasteiger charge is -2.25. The van der Waals surface area contributed by atoms with Gasteiger partial charge in [0.25, 0.3) is 0 Å². The zero-order chi connectivity index (χ0) is 12.3. The van der Waals surface area contributed by atoms with Gasteiger partial charge in [0.05, 0.1) is 14.2 Å². The van der Waals surface area contributed by atoms with Crippen LogP contribution >= 0.6 is 0 Å². The van der Waals surface area contributed by atoms with Gasteiger partial charge >= 0.3 is 0 Å². The normalized spacial score (nSPS) is 20.1. The molecule has 2 rings (SSSR count). The van der Waals surface area contributed by atoms with E-state index in [0.29, 0.717) is 11.7 Å². The highest BCUT2D eigenvalue weighted by Gasteiger charge is 2.22. The Hall–Kier alpha value is -1.29. The van der Waals surface area contributed by atoms with E-state index in [1.54, 1.807) is 6.07 Å². The first-order valence-electron chi connectivity index (χ1n) is 5.89. The third-order valence-corrected chi connectivity index (χ3v) is 3.25. The summed E-state index contributed by atoms with van der Waals surface area (Å²) < 4.78 is 24.2. The molecule has 0 aromatic heterocycles. The van der Waals surface area contributed by atoms with Gasteiger partial charge in [0.2, 0.25) is 5.82 Å². The molecule has 1 unspecified atom stereocenters. The number of rotatable bonds is 3. The Balaban J connectivity index is 2.35. The average Bonchev–Trinajstić information content (AvgIpc) is 2.39. The molecule has 1 aliphatic heterocycles. The summed E-state index contributed by atoms with van der Waals surface area (Å²) in [7, 11) is 2.96. The van der Waals surface area contributed by atoms with Crippen LogP contribution in [0.25, 0.3) is 0 Å². The van der Waals surface area contributed by atoms with E-state index in [2.05, 4.69) is 5.32 Å². The number of ether oxygens (including phenoxy) is 2. The van der Waals surface area contributed by atoms with Crippen molar-refractivity contribution in [1.82, 2.24) is 5.32 Å². The van der Waals surface area contributed by atoms with Crippen LogP contribution in [-0.2, 0) is 0 Å². The minimum Gasteiger partial charge on any atom is -0.494 e. The Morgan fingerprint density at radius 2 is 2.12 bits per heavy atom. The molecule has 1 atom stereocenters. The lowest BCUT2D eigenvalue weighted by Crippen LogP contribution is -2.28. The standard InChI is InChI=1S/C13H18FNO2/c1-16-11-6-5-10(13(17-2)12(11)14)9-4-3-7-15-8-9/h5-6,9,15H,3-4,7-8H2,1-2H3. The molecule has 0 amide bonds. The first kappa shape index (κ1) is 12.2. The fourth-order valence-electron chi connectivity index (χ4n) is 2.36. The molecule has 0 saturated carbocycles. The van der Waals surface area contributed by atoms with E-state index in [4.69, 9.17) is 9.47 Å². The first-order valence-corrected chi connectivity index (χ1v) is 5.89. The number of methoxy groups -OCH3 is 2. The zero-order valence-corrected chi connectivity index (χ0v) is 10.3. The number of hydrogen-bond donors (Lipinski definition) is 1. The highest BCUT2D eigenvalue weighted by atomic mass is 19.1. The van der Waals surface area contributed by atoms with Gasteiger partial charge in [-0.05, 0) is 25.5 Å². The fraction of sp³-hybridized carbons (Fsp3) is 0.538. The molecular weight excluding hydrogens is 221 g/mol. The third-order valence-electron chi connectivity index (χ3n) is 3.25. The van der Waals surface area contributed by atoms with Gasteiger partial charge in [0, 0.05) is 18.0 Å². The first-order chi connectivity index (χ1) is 8.27. The van der Waals surface area contributed by atoms with E-state index in [1.807, 2.05) is 6.07 Å². The molecule has 1 saturated heterocycles. The number of hydrogen-bond acceptors (Lipinski definition) is 3. The fourth-order valence-corrected chi connectivity index (χ4v) is 2.36. The van der Waals surface area contributed by atoms with Crippen LogP contribution in [0.15, 0.2) is 12.1 Å². The summed E-state index contributed by atoms with van der Waals surface area (Å²) in [6, 6.07) is 3.57. The largest absolute Gasteiger partial charge is 0.494 e. The predicted octanol–water partition coefficient (Wildman–Crippen LogP) is 2.31. The lowest BCUT2D eigenvalue weighted by atomic mass is 9.91. The zero-order valence-electron chi connectivity index (χ0n) is 10.3. The van der Waals surface area contributed by atoms with Gasteiger partial charge in [-0.25, -0.2) is 0 Å². The smallest absolute Gasteiger partial charge is 0.207 e. The topological polar surface area (TPSA) is 30.5 Å². The summed E-state index contributed by atoms with van der Waals surface area (Å²) in [6.07, 6.45) is 2.18. The molecule has 1 heterocycles. The predicted molar refractivity (Wildman–Crippen MR) is 64.3 cm³/mol. The maximum Gasteiger partial charge on any atom is 0.207 e. The number of nitrogens with one attached hydrogen (secondary N) is 1. The van der Waals surface area contributed by atoms with E-state index in [-0.39, 0.29) is 5.75 Å². The van der Waals surface area contributed by atoms with Crippen molar-refractivity contribution in [2.75, 3.05) is 27.3 Å². The SMILES string of the molecule is COc1ccc(C2CCCNC2)c(OC)c1F. The van der Waals surface area contributed by atoms with Crippen LogP contribution in [0.5, 0.6) is 11.5 Å². The highest BCUT2D eigenvalue weighted by Crippen LogP contribution is 2.36. The summed E-state index contributed by atoms with van der Waals surface area (Å²) >= 11 is 0. The average molecular weight is 239 g/mol. The third kappa shape index (κ3) is 2.36. The van der Waals surface area contributed by atoms with Crippen molar-refractivity contribution in [3.8, 4) is 11.5 Å². The molecule has 0 bridgehead atoms. The van der Waals surface area contributed by atoms with Gasteiger partial charge in [-0.3, -0.25) is 0 Å². The van der Waals surface area contributed by atoms with Gasteiger partial charge in [-0.1, -0.05) is 6.07 Å². The van der Waals surface area contributed by atoms with Gasteiger partial charge in [0.15, 0.2) is 11.5 Å². The van der Waals surface area contributed by atoms with Crippen LogP contribution in [0.2, 0.25) is 0 Å². The summed E-state index contributed by atoms with van der Waals surface area (Å²) in [6.45, 7) is 1.92. The Bertz CT molecular complexity index is 389. The molecule has 1 N–H and O–H groups in total. The van der Waals surface area contributed by atoms with Crippen molar-refractivity contribution in [2.24, 2.45) is 0 Å². The summed E-state index contributed by atoms with van der Waals surface area (Å²) in [5, 5.41) is 3.32. The molecule has 4 heteroatoms. The van der Waals surface area contributed by atoms with Gasteiger partial charge in [-0.2, -0.15) is 4.39 Å². The maximum absolute atomic E-state index is 14.0. The number of benzene rings is 1. The molecule has 1 fully saturated rings. The number of piperidine rings is 1. The molecule has 1 aromatic carbocycles. The molecule has 0 aliphatic carbocycles. The van der Waals surface area contributed by atoms with Crippen LogP contribution in [0.1, 0.15) is 24.3 Å². The quantitative estimate of drug-likeness (QED) is 0.878. The summed E-state index contributed by atoms with van der Waals surface area (Å²) in [5.74, 6) is 0.463.